The lowest BCUT2D eigenvalue weighted by atomic mass is 10.0. The van der Waals surface area contributed by atoms with Crippen molar-refractivity contribution in [3.05, 3.63) is 77.9 Å². The summed E-state index contributed by atoms with van der Waals surface area (Å²) in [5, 5.41) is 0. The fourth-order valence-corrected chi connectivity index (χ4v) is 2.86. The third-order valence-electron chi connectivity index (χ3n) is 4.06. The van der Waals surface area contributed by atoms with Crippen LogP contribution >= 0.6 is 0 Å². The lowest BCUT2D eigenvalue weighted by Crippen LogP contribution is -2.34. The normalized spacial score (nSPS) is 17.3. The Morgan fingerprint density at radius 1 is 1.16 bits per heavy atom. The maximum absolute atomic E-state index is 12.4. The predicted molar refractivity (Wildman–Crippen MR) is 93.6 cm³/mol. The van der Waals surface area contributed by atoms with Crippen molar-refractivity contribution in [2.75, 3.05) is 13.7 Å². The third-order valence-corrected chi connectivity index (χ3v) is 4.06. The molecule has 25 heavy (non-hydrogen) atoms. The number of hydrogen-bond acceptors (Lipinski definition) is 4. The Morgan fingerprint density at radius 2 is 1.80 bits per heavy atom. The molecule has 2 aromatic rings. The van der Waals surface area contributed by atoms with Crippen molar-refractivity contribution in [2.45, 2.75) is 12.5 Å². The van der Waals surface area contributed by atoms with Gasteiger partial charge in [-0.2, -0.15) is 0 Å². The Hall–Kier alpha value is -3.08. The number of cyclic esters (lactones) is 1. The summed E-state index contributed by atoms with van der Waals surface area (Å²) < 4.78 is 10.0. The first-order valence-electron chi connectivity index (χ1n) is 8.04. The van der Waals surface area contributed by atoms with Crippen LogP contribution in [0.5, 0.6) is 0 Å². The molecule has 1 heterocycles. The van der Waals surface area contributed by atoms with Crippen molar-refractivity contribution in [1.29, 1.82) is 0 Å². The van der Waals surface area contributed by atoms with Gasteiger partial charge in [-0.25, -0.2) is 9.59 Å². The third kappa shape index (κ3) is 3.88. The predicted octanol–water partition coefficient (Wildman–Crippen LogP) is 3.26. The van der Waals surface area contributed by atoms with E-state index in [-0.39, 0.29) is 12.6 Å². The molecule has 0 aliphatic carbocycles. The van der Waals surface area contributed by atoms with E-state index in [4.69, 9.17) is 9.47 Å². The average Bonchev–Trinajstić information content (AvgIpc) is 3.01. The zero-order chi connectivity index (χ0) is 17.6. The summed E-state index contributed by atoms with van der Waals surface area (Å²) in [5.74, 6) is -0.517. The Bertz CT molecular complexity index is 771. The van der Waals surface area contributed by atoms with Crippen molar-refractivity contribution in [2.24, 2.45) is 0 Å². The summed E-state index contributed by atoms with van der Waals surface area (Å²) in [6.07, 6.45) is 1.51. The zero-order valence-electron chi connectivity index (χ0n) is 13.9. The Balaban J connectivity index is 1.96. The van der Waals surface area contributed by atoms with Gasteiger partial charge in [0, 0.05) is 6.08 Å². The number of nitrogens with zero attached hydrogens (tertiary/aromatic N) is 1. The summed E-state index contributed by atoms with van der Waals surface area (Å²) in [5.41, 5.74) is 2.34. The minimum atomic E-state index is -0.517. The molecule has 1 aliphatic heterocycles. The van der Waals surface area contributed by atoms with Gasteiger partial charge in [0.1, 0.15) is 6.61 Å². The SMILES string of the molecule is COC(=O)C=C(c1ccccc1)N1C(=O)OCC1Cc1ccccc1. The van der Waals surface area contributed by atoms with Gasteiger partial charge in [0.05, 0.1) is 18.8 Å². The summed E-state index contributed by atoms with van der Waals surface area (Å²) in [6.45, 7) is 0.277. The average molecular weight is 337 g/mol. The van der Waals surface area contributed by atoms with Crippen molar-refractivity contribution in [3.63, 3.8) is 0 Å². The second-order valence-corrected chi connectivity index (χ2v) is 5.71. The number of benzene rings is 2. The van der Waals surface area contributed by atoms with Gasteiger partial charge in [0.25, 0.3) is 0 Å². The van der Waals surface area contributed by atoms with Crippen LogP contribution < -0.4 is 0 Å². The van der Waals surface area contributed by atoms with Crippen LogP contribution in [-0.2, 0) is 20.7 Å². The zero-order valence-corrected chi connectivity index (χ0v) is 13.9. The molecule has 0 saturated carbocycles. The number of methoxy groups -OCH3 is 1. The van der Waals surface area contributed by atoms with E-state index in [1.165, 1.54) is 13.2 Å². The Morgan fingerprint density at radius 3 is 2.44 bits per heavy atom. The fourth-order valence-electron chi connectivity index (χ4n) is 2.86. The molecular weight excluding hydrogens is 318 g/mol. The number of ether oxygens (including phenoxy) is 2. The van der Waals surface area contributed by atoms with E-state index in [9.17, 15) is 9.59 Å². The van der Waals surface area contributed by atoms with Gasteiger partial charge in [-0.15, -0.1) is 0 Å². The highest BCUT2D eigenvalue weighted by Gasteiger charge is 2.36. The molecule has 0 bridgehead atoms. The minimum Gasteiger partial charge on any atom is -0.466 e. The van der Waals surface area contributed by atoms with Crippen molar-refractivity contribution in [1.82, 2.24) is 4.90 Å². The van der Waals surface area contributed by atoms with E-state index >= 15 is 0 Å². The molecule has 2 aromatic carbocycles. The Kier molecular flexibility index (Phi) is 5.14. The van der Waals surface area contributed by atoms with Gasteiger partial charge in [-0.3, -0.25) is 4.90 Å². The molecule has 128 valence electrons. The molecule has 1 atom stereocenters. The molecule has 0 N–H and O–H groups in total. The van der Waals surface area contributed by atoms with Gasteiger partial charge in [0.15, 0.2) is 0 Å². The van der Waals surface area contributed by atoms with E-state index in [0.29, 0.717) is 12.1 Å². The van der Waals surface area contributed by atoms with E-state index < -0.39 is 12.1 Å². The van der Waals surface area contributed by atoms with Gasteiger partial charge in [0.2, 0.25) is 0 Å². The topological polar surface area (TPSA) is 55.8 Å². The molecular formula is C20H19NO4. The monoisotopic (exact) mass is 337 g/mol. The van der Waals surface area contributed by atoms with Crippen molar-refractivity contribution < 1.29 is 19.1 Å². The number of rotatable bonds is 5. The molecule has 5 heteroatoms. The van der Waals surface area contributed by atoms with E-state index in [2.05, 4.69) is 0 Å². The molecule has 0 spiro atoms. The molecule has 0 aromatic heterocycles. The van der Waals surface area contributed by atoms with Gasteiger partial charge < -0.3 is 9.47 Å². The lowest BCUT2D eigenvalue weighted by Gasteiger charge is -2.24. The number of carbonyl (C=O) groups excluding carboxylic acids is 2. The van der Waals surface area contributed by atoms with Crippen molar-refractivity contribution >= 4 is 17.8 Å². The smallest absolute Gasteiger partial charge is 0.414 e. The summed E-state index contributed by atoms with van der Waals surface area (Å²) in [4.78, 5) is 25.8. The maximum Gasteiger partial charge on any atom is 0.414 e. The van der Waals surface area contributed by atoms with Crippen LogP contribution in [0, 0.1) is 0 Å². The fraction of sp³-hybridized carbons (Fsp3) is 0.200. The van der Waals surface area contributed by atoms with Crippen LogP contribution in [0.3, 0.4) is 0 Å². The van der Waals surface area contributed by atoms with E-state index in [1.54, 1.807) is 4.90 Å². The first-order chi connectivity index (χ1) is 12.2. The van der Waals surface area contributed by atoms with E-state index in [1.807, 2.05) is 60.7 Å². The molecule has 1 aliphatic rings. The van der Waals surface area contributed by atoms with E-state index in [0.717, 1.165) is 11.1 Å². The van der Waals surface area contributed by atoms with Crippen LogP contribution in [0.4, 0.5) is 4.79 Å². The van der Waals surface area contributed by atoms with Gasteiger partial charge >= 0.3 is 12.1 Å². The second-order valence-electron chi connectivity index (χ2n) is 5.71. The number of esters is 1. The van der Waals surface area contributed by atoms with Gasteiger partial charge in [-0.05, 0) is 17.5 Å². The molecule has 1 fully saturated rings. The molecule has 1 unspecified atom stereocenters. The molecule has 0 radical (unpaired) electrons. The maximum atomic E-state index is 12.4. The molecule has 1 saturated heterocycles. The summed E-state index contributed by atoms with van der Waals surface area (Å²) >= 11 is 0. The highest BCUT2D eigenvalue weighted by molar-refractivity contribution is 5.95. The van der Waals surface area contributed by atoms with Crippen molar-refractivity contribution in [3.8, 4) is 0 Å². The van der Waals surface area contributed by atoms with Crippen LogP contribution in [0.25, 0.3) is 5.70 Å². The minimum absolute atomic E-state index is 0.189. The lowest BCUT2D eigenvalue weighted by molar-refractivity contribution is -0.134. The first kappa shape index (κ1) is 16.8. The molecule has 1 amide bonds. The molecule has 5 nitrogen and oxygen atoms in total. The standard InChI is InChI=1S/C20H19NO4/c1-24-19(22)13-18(16-10-6-3-7-11-16)21-17(14-25-20(21)23)12-15-8-4-2-5-9-15/h2-11,13,17H,12,14H2,1H3. The Labute approximate surface area is 146 Å². The summed E-state index contributed by atoms with van der Waals surface area (Å²) in [6, 6.07) is 19.0. The highest BCUT2D eigenvalue weighted by Crippen LogP contribution is 2.28. The summed E-state index contributed by atoms with van der Waals surface area (Å²) in [7, 11) is 1.31. The number of hydrogen-bond donors (Lipinski definition) is 0. The molecule has 3 rings (SSSR count). The van der Waals surface area contributed by atoms with Crippen LogP contribution in [0.15, 0.2) is 66.7 Å². The number of carbonyl (C=O) groups is 2. The van der Waals surface area contributed by atoms with Crippen LogP contribution in [-0.4, -0.2) is 36.7 Å². The van der Waals surface area contributed by atoms with Crippen LogP contribution in [0.2, 0.25) is 0 Å². The van der Waals surface area contributed by atoms with Crippen LogP contribution in [0.1, 0.15) is 11.1 Å². The second kappa shape index (κ2) is 7.66. The highest BCUT2D eigenvalue weighted by atomic mass is 16.6. The number of amides is 1. The largest absolute Gasteiger partial charge is 0.466 e. The van der Waals surface area contributed by atoms with Gasteiger partial charge in [-0.1, -0.05) is 60.7 Å². The first-order valence-corrected chi connectivity index (χ1v) is 8.04. The quantitative estimate of drug-likeness (QED) is 0.621.